The number of rotatable bonds is 3. The molecular weight excluding hydrogens is 264 g/mol. The first-order valence-electron chi connectivity index (χ1n) is 5.66. The fraction of sp³-hybridized carbons (Fsp3) is 0.154. The fourth-order valence-corrected chi connectivity index (χ4v) is 1.79. The molecule has 1 saturated heterocycles. The van der Waals surface area contributed by atoms with Crippen LogP contribution in [0.15, 0.2) is 23.8 Å². The van der Waals surface area contributed by atoms with Crippen molar-refractivity contribution in [1.29, 1.82) is 0 Å². The van der Waals surface area contributed by atoms with Crippen LogP contribution in [0, 0.1) is 0 Å². The zero-order valence-corrected chi connectivity index (χ0v) is 10.9. The largest absolute Gasteiger partial charge is 0.493 e. The molecule has 1 heterocycles. The van der Waals surface area contributed by atoms with Gasteiger partial charge in [0, 0.05) is 5.56 Å². The van der Waals surface area contributed by atoms with Gasteiger partial charge in [-0.3, -0.25) is 20.2 Å². The van der Waals surface area contributed by atoms with Crippen molar-refractivity contribution in [2.45, 2.75) is 0 Å². The summed E-state index contributed by atoms with van der Waals surface area (Å²) in [5.41, 5.74) is 0.303. The fourth-order valence-electron chi connectivity index (χ4n) is 1.79. The zero-order chi connectivity index (χ0) is 14.7. The molecule has 2 rings (SSSR count). The molecule has 1 aliphatic rings. The van der Waals surface area contributed by atoms with E-state index in [1.54, 1.807) is 18.2 Å². The van der Waals surface area contributed by atoms with Gasteiger partial charge in [-0.15, -0.1) is 0 Å². The van der Waals surface area contributed by atoms with Crippen molar-refractivity contribution in [3.05, 3.63) is 29.3 Å². The van der Waals surface area contributed by atoms with E-state index in [2.05, 4.69) is 0 Å². The van der Waals surface area contributed by atoms with E-state index in [0.717, 1.165) is 0 Å². The van der Waals surface area contributed by atoms with Crippen molar-refractivity contribution in [2.75, 3.05) is 14.2 Å². The van der Waals surface area contributed by atoms with Crippen molar-refractivity contribution in [1.82, 2.24) is 10.6 Å². The lowest BCUT2D eigenvalue weighted by atomic mass is 10.1. The Morgan fingerprint density at radius 2 is 1.65 bits per heavy atom. The predicted octanol–water partition coefficient (Wildman–Crippen LogP) is 0.453. The lowest BCUT2D eigenvalue weighted by Crippen LogP contribution is -2.51. The summed E-state index contributed by atoms with van der Waals surface area (Å²) in [7, 11) is 2.93. The summed E-state index contributed by atoms with van der Waals surface area (Å²) >= 11 is 0. The Kier molecular flexibility index (Phi) is 3.69. The maximum Gasteiger partial charge on any atom is 0.328 e. The number of carbonyl (C=O) groups excluding carboxylic acids is 3. The van der Waals surface area contributed by atoms with Crippen molar-refractivity contribution in [3.63, 3.8) is 0 Å². The average Bonchev–Trinajstić information content (AvgIpc) is 2.42. The number of amides is 4. The lowest BCUT2D eigenvalue weighted by molar-refractivity contribution is -0.123. The Morgan fingerprint density at radius 1 is 1.00 bits per heavy atom. The minimum Gasteiger partial charge on any atom is -0.493 e. The number of ether oxygens (including phenoxy) is 2. The molecule has 0 radical (unpaired) electrons. The number of hydrogen-bond donors (Lipinski definition) is 2. The van der Waals surface area contributed by atoms with Gasteiger partial charge in [-0.1, -0.05) is 12.1 Å². The molecule has 2 N–H and O–H groups in total. The highest BCUT2D eigenvalue weighted by Crippen LogP contribution is 2.32. The zero-order valence-electron chi connectivity index (χ0n) is 10.9. The van der Waals surface area contributed by atoms with E-state index in [1.807, 2.05) is 10.6 Å². The van der Waals surface area contributed by atoms with Gasteiger partial charge in [-0.05, 0) is 12.1 Å². The number of nitrogens with one attached hydrogen (secondary N) is 2. The third kappa shape index (κ3) is 2.46. The Morgan fingerprint density at radius 3 is 2.20 bits per heavy atom. The molecule has 1 aromatic rings. The second kappa shape index (κ2) is 5.43. The molecule has 7 nitrogen and oxygen atoms in total. The quantitative estimate of drug-likeness (QED) is 0.617. The van der Waals surface area contributed by atoms with E-state index < -0.39 is 17.8 Å². The molecule has 104 valence electrons. The number of para-hydroxylation sites is 1. The van der Waals surface area contributed by atoms with Gasteiger partial charge in [0.1, 0.15) is 5.57 Å². The number of imide groups is 2. The minimum atomic E-state index is -0.838. The van der Waals surface area contributed by atoms with Gasteiger partial charge in [0.15, 0.2) is 11.5 Å². The summed E-state index contributed by atoms with van der Waals surface area (Å²) < 4.78 is 10.3. The molecule has 0 atom stereocenters. The first-order chi connectivity index (χ1) is 9.56. The molecule has 0 aromatic heterocycles. The van der Waals surface area contributed by atoms with Crippen molar-refractivity contribution < 1.29 is 23.9 Å². The minimum absolute atomic E-state index is 0.184. The van der Waals surface area contributed by atoms with Crippen molar-refractivity contribution >= 4 is 23.9 Å². The molecule has 4 amide bonds. The van der Waals surface area contributed by atoms with E-state index in [-0.39, 0.29) is 5.57 Å². The molecule has 1 fully saturated rings. The first kappa shape index (κ1) is 13.6. The van der Waals surface area contributed by atoms with Gasteiger partial charge in [0.2, 0.25) is 0 Å². The molecule has 20 heavy (non-hydrogen) atoms. The third-order valence-electron chi connectivity index (χ3n) is 2.68. The Hall–Kier alpha value is -2.83. The van der Waals surface area contributed by atoms with Gasteiger partial charge in [-0.2, -0.15) is 0 Å². The van der Waals surface area contributed by atoms with Crippen LogP contribution in [0.25, 0.3) is 6.08 Å². The van der Waals surface area contributed by atoms with Gasteiger partial charge in [0.05, 0.1) is 14.2 Å². The molecule has 0 unspecified atom stereocenters. The molecule has 1 aliphatic heterocycles. The number of methoxy groups -OCH3 is 2. The van der Waals surface area contributed by atoms with Crippen LogP contribution >= 0.6 is 0 Å². The van der Waals surface area contributed by atoms with Crippen molar-refractivity contribution in [3.8, 4) is 11.5 Å². The predicted molar refractivity (Wildman–Crippen MR) is 69.2 cm³/mol. The maximum atomic E-state index is 11.6. The van der Waals surface area contributed by atoms with Crippen LogP contribution in [0.5, 0.6) is 11.5 Å². The second-order valence-electron chi connectivity index (χ2n) is 3.88. The van der Waals surface area contributed by atoms with Gasteiger partial charge < -0.3 is 9.47 Å². The van der Waals surface area contributed by atoms with E-state index in [9.17, 15) is 14.4 Å². The van der Waals surface area contributed by atoms with Gasteiger partial charge in [-0.25, -0.2) is 4.79 Å². The summed E-state index contributed by atoms with van der Waals surface area (Å²) in [6, 6.07) is 4.20. The lowest BCUT2D eigenvalue weighted by Gasteiger charge is -2.15. The maximum absolute atomic E-state index is 11.6. The van der Waals surface area contributed by atoms with Crippen LogP contribution in [0.4, 0.5) is 4.79 Å². The van der Waals surface area contributed by atoms with Crippen molar-refractivity contribution in [2.24, 2.45) is 0 Å². The smallest absolute Gasteiger partial charge is 0.328 e. The average molecular weight is 276 g/mol. The Balaban J connectivity index is 2.47. The normalized spacial score (nSPS) is 14.5. The topological polar surface area (TPSA) is 93.7 Å². The number of barbiturate groups is 1. The number of hydrogen-bond acceptors (Lipinski definition) is 5. The number of urea groups is 1. The molecule has 7 heteroatoms. The monoisotopic (exact) mass is 276 g/mol. The summed E-state index contributed by atoms with van der Waals surface area (Å²) in [5.74, 6) is -0.665. The SMILES string of the molecule is COc1cccc(C=C2C(=O)NC(=O)NC2=O)c1OC. The van der Waals surface area contributed by atoms with Crippen LogP contribution in [-0.4, -0.2) is 32.1 Å². The van der Waals surface area contributed by atoms with E-state index in [4.69, 9.17) is 9.47 Å². The highest BCUT2D eigenvalue weighted by molar-refractivity contribution is 6.31. The van der Waals surface area contributed by atoms with Gasteiger partial charge in [0.25, 0.3) is 11.8 Å². The first-order valence-corrected chi connectivity index (χ1v) is 5.66. The summed E-state index contributed by atoms with van der Waals surface area (Å²) in [6.07, 6.45) is 1.33. The molecular formula is C13H12N2O5. The molecule has 0 bridgehead atoms. The molecule has 0 saturated carbocycles. The summed E-state index contributed by atoms with van der Waals surface area (Å²) in [6.45, 7) is 0. The number of carbonyl (C=O) groups is 3. The Labute approximate surface area is 114 Å². The van der Waals surface area contributed by atoms with Crippen LogP contribution in [0.3, 0.4) is 0 Å². The summed E-state index contributed by atoms with van der Waals surface area (Å²) in [4.78, 5) is 34.3. The highest BCUT2D eigenvalue weighted by Gasteiger charge is 2.28. The van der Waals surface area contributed by atoms with Crippen LogP contribution in [0.2, 0.25) is 0 Å². The van der Waals surface area contributed by atoms with Crippen LogP contribution in [-0.2, 0) is 9.59 Å². The van der Waals surface area contributed by atoms with E-state index >= 15 is 0 Å². The van der Waals surface area contributed by atoms with E-state index in [0.29, 0.717) is 17.1 Å². The van der Waals surface area contributed by atoms with Crippen LogP contribution in [0.1, 0.15) is 5.56 Å². The third-order valence-corrected chi connectivity index (χ3v) is 2.68. The highest BCUT2D eigenvalue weighted by atomic mass is 16.5. The van der Waals surface area contributed by atoms with Gasteiger partial charge >= 0.3 is 6.03 Å². The van der Waals surface area contributed by atoms with E-state index in [1.165, 1.54) is 20.3 Å². The standard InChI is InChI=1S/C13H12N2O5/c1-19-9-5-3-4-7(10(9)20-2)6-8-11(16)14-13(18)15-12(8)17/h3-6H,1-2H3,(H2,14,15,16,17,18). The molecule has 0 aliphatic carbocycles. The second-order valence-corrected chi connectivity index (χ2v) is 3.88. The summed E-state index contributed by atoms with van der Waals surface area (Å²) in [5, 5.41) is 3.99. The molecule has 0 spiro atoms. The molecule has 1 aromatic carbocycles. The number of benzene rings is 1. The Bertz CT molecular complexity index is 599. The van der Waals surface area contributed by atoms with Crippen LogP contribution < -0.4 is 20.1 Å².